The highest BCUT2D eigenvalue weighted by Gasteiger charge is 2.09. The van der Waals surface area contributed by atoms with E-state index >= 15 is 0 Å². The van der Waals surface area contributed by atoms with Crippen LogP contribution < -0.4 is 11.4 Å². The molecule has 3 aromatic rings. The number of nitrogens with two attached hydrogens (primary N) is 1. The molecule has 122 valence electrons. The van der Waals surface area contributed by atoms with Crippen molar-refractivity contribution in [2.45, 2.75) is 6.54 Å². The third kappa shape index (κ3) is 3.16. The van der Waals surface area contributed by atoms with Gasteiger partial charge in [0.05, 0.1) is 18.6 Å². The van der Waals surface area contributed by atoms with Crippen LogP contribution in [-0.2, 0) is 6.54 Å². The van der Waals surface area contributed by atoms with Gasteiger partial charge in [0.25, 0.3) is 0 Å². The fraction of sp³-hybridized carbons (Fsp3) is 0.118. The fourth-order valence-electron chi connectivity index (χ4n) is 2.33. The molecule has 6 nitrogen and oxygen atoms in total. The predicted molar refractivity (Wildman–Crippen MR) is 89.3 cm³/mol. The van der Waals surface area contributed by atoms with Crippen molar-refractivity contribution in [3.63, 3.8) is 0 Å². The van der Waals surface area contributed by atoms with Gasteiger partial charge in [-0.1, -0.05) is 18.2 Å². The zero-order valence-corrected chi connectivity index (χ0v) is 12.8. The van der Waals surface area contributed by atoms with Gasteiger partial charge in [-0.05, 0) is 29.3 Å². The van der Waals surface area contributed by atoms with Crippen LogP contribution in [0.3, 0.4) is 0 Å². The number of pyridine rings is 1. The van der Waals surface area contributed by atoms with Crippen LogP contribution in [0, 0.1) is 0 Å². The van der Waals surface area contributed by atoms with E-state index in [0.717, 1.165) is 11.1 Å². The first-order chi connectivity index (χ1) is 11.7. The number of benzene rings is 1. The van der Waals surface area contributed by atoms with Gasteiger partial charge in [0.2, 0.25) is 0 Å². The molecule has 2 N–H and O–H groups in total. The number of nitrogens with zero attached hydrogens (tertiary/aromatic N) is 4. The SMILES string of the molecule is NC/C(=C\F)Cn1ncn(-c2cccc(-c3cccnc3)c2)c1=O. The van der Waals surface area contributed by atoms with Gasteiger partial charge in [-0.15, -0.1) is 0 Å². The minimum absolute atomic E-state index is 0.0289. The third-order valence-electron chi connectivity index (χ3n) is 3.62. The van der Waals surface area contributed by atoms with E-state index in [1.54, 1.807) is 12.4 Å². The molecular weight excluding hydrogens is 309 g/mol. The molecule has 0 fully saturated rings. The molecule has 0 radical (unpaired) electrons. The van der Waals surface area contributed by atoms with Crippen molar-refractivity contribution in [3.05, 3.63) is 77.5 Å². The molecule has 0 aliphatic heterocycles. The molecule has 0 unspecified atom stereocenters. The summed E-state index contributed by atoms with van der Waals surface area (Å²) in [5, 5.41) is 4.02. The minimum Gasteiger partial charge on any atom is -0.327 e. The first-order valence-corrected chi connectivity index (χ1v) is 7.36. The van der Waals surface area contributed by atoms with E-state index in [9.17, 15) is 9.18 Å². The van der Waals surface area contributed by atoms with E-state index in [-0.39, 0.29) is 18.8 Å². The first kappa shape index (κ1) is 15.8. The number of rotatable bonds is 5. The number of hydrogen-bond acceptors (Lipinski definition) is 4. The van der Waals surface area contributed by atoms with Crippen LogP contribution in [0.4, 0.5) is 4.39 Å². The lowest BCUT2D eigenvalue weighted by Crippen LogP contribution is -2.25. The summed E-state index contributed by atoms with van der Waals surface area (Å²) >= 11 is 0. The van der Waals surface area contributed by atoms with Crippen LogP contribution in [0.15, 0.2) is 71.8 Å². The van der Waals surface area contributed by atoms with Gasteiger partial charge in [-0.25, -0.2) is 18.4 Å². The van der Waals surface area contributed by atoms with Gasteiger partial charge < -0.3 is 5.73 Å². The van der Waals surface area contributed by atoms with E-state index in [4.69, 9.17) is 5.73 Å². The molecule has 0 aliphatic rings. The predicted octanol–water partition coefficient (Wildman–Crippen LogP) is 1.91. The van der Waals surface area contributed by atoms with Crippen molar-refractivity contribution in [3.8, 4) is 16.8 Å². The molecule has 2 aromatic heterocycles. The van der Waals surface area contributed by atoms with Gasteiger partial charge >= 0.3 is 5.69 Å². The molecular formula is C17H16FN5O. The summed E-state index contributed by atoms with van der Waals surface area (Å²) in [7, 11) is 0. The van der Waals surface area contributed by atoms with Gasteiger partial charge in [0.1, 0.15) is 6.33 Å². The second-order valence-electron chi connectivity index (χ2n) is 5.20. The third-order valence-corrected chi connectivity index (χ3v) is 3.62. The van der Waals surface area contributed by atoms with Crippen molar-refractivity contribution < 1.29 is 4.39 Å². The highest BCUT2D eigenvalue weighted by Crippen LogP contribution is 2.20. The Bertz CT molecular complexity index is 914. The number of hydrogen-bond donors (Lipinski definition) is 1. The lowest BCUT2D eigenvalue weighted by atomic mass is 10.1. The van der Waals surface area contributed by atoms with Crippen molar-refractivity contribution in [1.82, 2.24) is 19.3 Å². The van der Waals surface area contributed by atoms with Crippen LogP contribution in [0.25, 0.3) is 16.8 Å². The van der Waals surface area contributed by atoms with E-state index in [0.29, 0.717) is 17.6 Å². The Morgan fingerprint density at radius 2 is 2.08 bits per heavy atom. The van der Waals surface area contributed by atoms with E-state index in [1.165, 1.54) is 15.6 Å². The van der Waals surface area contributed by atoms with E-state index in [1.807, 2.05) is 36.4 Å². The summed E-state index contributed by atoms with van der Waals surface area (Å²) in [5.74, 6) is 0. The standard InChI is InChI=1S/C17H16FN5O/c18-8-13(9-19)11-23-17(24)22(12-21-23)16-5-1-3-14(7-16)15-4-2-6-20-10-15/h1-8,10,12H,9,11,19H2/b13-8+. The van der Waals surface area contributed by atoms with Crippen LogP contribution in [0.5, 0.6) is 0 Å². The Morgan fingerprint density at radius 3 is 2.79 bits per heavy atom. The average molecular weight is 325 g/mol. The largest absolute Gasteiger partial charge is 0.350 e. The van der Waals surface area contributed by atoms with E-state index in [2.05, 4.69) is 10.1 Å². The zero-order valence-electron chi connectivity index (χ0n) is 12.8. The maximum atomic E-state index is 12.6. The van der Waals surface area contributed by atoms with Gasteiger partial charge in [0, 0.05) is 24.5 Å². The Balaban J connectivity index is 1.96. The monoisotopic (exact) mass is 325 g/mol. The average Bonchev–Trinajstić information content (AvgIpc) is 3.01. The smallest absolute Gasteiger partial charge is 0.327 e. The highest BCUT2D eigenvalue weighted by atomic mass is 19.1. The lowest BCUT2D eigenvalue weighted by molar-refractivity contribution is 0.612. The maximum Gasteiger partial charge on any atom is 0.350 e. The molecule has 0 spiro atoms. The number of aromatic nitrogens is 4. The Kier molecular flexibility index (Phi) is 4.62. The van der Waals surface area contributed by atoms with Crippen molar-refractivity contribution in [1.29, 1.82) is 0 Å². The molecule has 24 heavy (non-hydrogen) atoms. The van der Waals surface area contributed by atoms with Crippen LogP contribution in [0.1, 0.15) is 0 Å². The summed E-state index contributed by atoms with van der Waals surface area (Å²) in [6, 6.07) is 11.3. The molecule has 7 heteroatoms. The molecule has 3 rings (SSSR count). The van der Waals surface area contributed by atoms with Gasteiger partial charge in [0.15, 0.2) is 0 Å². The molecule has 0 bridgehead atoms. The second kappa shape index (κ2) is 7.01. The summed E-state index contributed by atoms with van der Waals surface area (Å²) in [6.45, 7) is 0.0629. The molecule has 0 aliphatic carbocycles. The lowest BCUT2D eigenvalue weighted by Gasteiger charge is -2.05. The molecule has 0 amide bonds. The molecule has 0 saturated heterocycles. The summed E-state index contributed by atoms with van der Waals surface area (Å²) in [4.78, 5) is 16.5. The Labute approximate surface area is 137 Å². The minimum atomic E-state index is -0.355. The van der Waals surface area contributed by atoms with Gasteiger partial charge in [-0.2, -0.15) is 5.10 Å². The Morgan fingerprint density at radius 1 is 1.25 bits per heavy atom. The molecule has 2 heterocycles. The fourth-order valence-corrected chi connectivity index (χ4v) is 2.33. The van der Waals surface area contributed by atoms with Crippen LogP contribution >= 0.6 is 0 Å². The first-order valence-electron chi connectivity index (χ1n) is 7.36. The summed E-state index contributed by atoms with van der Waals surface area (Å²) < 4.78 is 15.2. The normalized spacial score (nSPS) is 11.7. The van der Waals surface area contributed by atoms with Crippen molar-refractivity contribution in [2.24, 2.45) is 5.73 Å². The number of halogens is 1. The molecule has 0 atom stereocenters. The van der Waals surface area contributed by atoms with Crippen molar-refractivity contribution in [2.75, 3.05) is 6.54 Å². The highest BCUT2D eigenvalue weighted by molar-refractivity contribution is 5.64. The maximum absolute atomic E-state index is 12.6. The second-order valence-corrected chi connectivity index (χ2v) is 5.20. The van der Waals surface area contributed by atoms with E-state index < -0.39 is 0 Å². The Hall–Kier alpha value is -3.06. The van der Waals surface area contributed by atoms with Crippen molar-refractivity contribution >= 4 is 0 Å². The summed E-state index contributed by atoms with van der Waals surface area (Å²) in [5.41, 5.74) is 7.92. The topological polar surface area (TPSA) is 78.7 Å². The zero-order chi connectivity index (χ0) is 16.9. The molecule has 0 saturated carbocycles. The van der Waals surface area contributed by atoms with Crippen LogP contribution in [-0.4, -0.2) is 25.9 Å². The summed E-state index contributed by atoms with van der Waals surface area (Å²) in [6.07, 6.45) is 5.28. The van der Waals surface area contributed by atoms with Crippen LogP contribution in [0.2, 0.25) is 0 Å². The molecule has 1 aromatic carbocycles. The quantitative estimate of drug-likeness (QED) is 0.777. The van der Waals surface area contributed by atoms with Gasteiger partial charge in [-0.3, -0.25) is 4.98 Å².